The first-order valence-electron chi connectivity index (χ1n) is 16.4. The molecular weight excluding hydrogens is 508 g/mol. The molecule has 9 rings (SSSR count). The molecule has 42 heavy (non-hydrogen) atoms. The molecule has 4 heterocycles. The molecule has 0 aromatic heterocycles. The van der Waals surface area contributed by atoms with E-state index >= 15 is 0 Å². The first-order chi connectivity index (χ1) is 20.1. The largest absolute Gasteiger partial charge is 0.370 e. The number of hydrogen-bond donors (Lipinski definition) is 0. The Bertz CT molecular complexity index is 1650. The van der Waals surface area contributed by atoms with E-state index in [9.17, 15) is 0 Å². The summed E-state index contributed by atoms with van der Waals surface area (Å²) in [7, 11) is 0. The highest BCUT2D eigenvalue weighted by molar-refractivity contribution is 5.73. The Balaban J connectivity index is 1.22. The number of fused-ring (bicyclic) bond motifs is 10. The fourth-order valence-electron chi connectivity index (χ4n) is 10.0. The Kier molecular flexibility index (Phi) is 4.94. The SMILES string of the molecule is CC(C)(C)C1=C2C3C=CC=CC3N3C4=CC5c6ccc(C(C)(C)C)c7c6N(CC5C=C4C(C=C1)C23)CC1C=CC=CC71. The van der Waals surface area contributed by atoms with Gasteiger partial charge in [-0.25, -0.2) is 0 Å². The van der Waals surface area contributed by atoms with Gasteiger partial charge in [-0.05, 0) is 44.2 Å². The molecule has 2 fully saturated rings. The van der Waals surface area contributed by atoms with Crippen LogP contribution in [0.15, 0.2) is 107 Å². The summed E-state index contributed by atoms with van der Waals surface area (Å²) in [4.78, 5) is 5.62. The van der Waals surface area contributed by atoms with E-state index in [1.807, 2.05) is 0 Å². The van der Waals surface area contributed by atoms with Gasteiger partial charge in [0.15, 0.2) is 0 Å². The molecular formula is C40H44N2. The highest BCUT2D eigenvalue weighted by atomic mass is 15.3. The Morgan fingerprint density at radius 2 is 1.43 bits per heavy atom. The molecule has 0 amide bonds. The quantitative estimate of drug-likeness (QED) is 0.318. The fourth-order valence-corrected chi connectivity index (χ4v) is 10.0. The maximum Gasteiger partial charge on any atom is 0.0625 e. The van der Waals surface area contributed by atoms with E-state index < -0.39 is 0 Å². The van der Waals surface area contributed by atoms with Gasteiger partial charge in [-0.1, -0.05) is 127 Å². The van der Waals surface area contributed by atoms with Crippen LogP contribution in [0.4, 0.5) is 5.69 Å². The lowest BCUT2D eigenvalue weighted by Crippen LogP contribution is -2.46. The van der Waals surface area contributed by atoms with Crippen LogP contribution in [0.1, 0.15) is 70.1 Å². The summed E-state index contributed by atoms with van der Waals surface area (Å²) < 4.78 is 0. The minimum absolute atomic E-state index is 0.119. The average molecular weight is 553 g/mol. The van der Waals surface area contributed by atoms with Crippen molar-refractivity contribution in [1.82, 2.24) is 4.90 Å². The third-order valence-electron chi connectivity index (χ3n) is 11.6. The van der Waals surface area contributed by atoms with Crippen LogP contribution in [0.5, 0.6) is 0 Å². The van der Waals surface area contributed by atoms with Crippen molar-refractivity contribution in [1.29, 1.82) is 0 Å². The maximum atomic E-state index is 2.84. The van der Waals surface area contributed by atoms with Crippen molar-refractivity contribution in [2.24, 2.45) is 29.1 Å². The normalized spacial score (nSPS) is 36.2. The summed E-state index contributed by atoms with van der Waals surface area (Å²) in [5, 5.41) is 0. The monoisotopic (exact) mass is 552 g/mol. The predicted molar refractivity (Wildman–Crippen MR) is 175 cm³/mol. The smallest absolute Gasteiger partial charge is 0.0625 e. The number of hydrogen-bond acceptors (Lipinski definition) is 2. The van der Waals surface area contributed by atoms with Crippen molar-refractivity contribution in [3.05, 3.63) is 124 Å². The zero-order chi connectivity index (χ0) is 28.7. The van der Waals surface area contributed by atoms with E-state index in [1.54, 1.807) is 33.5 Å². The first kappa shape index (κ1) is 25.3. The highest BCUT2D eigenvalue weighted by Crippen LogP contribution is 2.61. The number of allylic oxidation sites excluding steroid dienone is 9. The number of benzene rings is 1. The number of nitrogens with zero attached hydrogens (tertiary/aromatic N) is 2. The topological polar surface area (TPSA) is 6.48 Å². The van der Waals surface area contributed by atoms with Crippen LogP contribution in [0.3, 0.4) is 0 Å². The van der Waals surface area contributed by atoms with Crippen molar-refractivity contribution in [2.45, 2.75) is 70.9 Å². The second kappa shape index (κ2) is 8.22. The van der Waals surface area contributed by atoms with Crippen molar-refractivity contribution >= 4 is 5.69 Å². The molecule has 1 aromatic carbocycles. The Morgan fingerprint density at radius 3 is 2.21 bits per heavy atom. The van der Waals surface area contributed by atoms with Crippen molar-refractivity contribution in [3.8, 4) is 0 Å². The third kappa shape index (κ3) is 3.22. The lowest BCUT2D eigenvalue weighted by atomic mass is 9.66. The summed E-state index contributed by atoms with van der Waals surface area (Å²) in [5.41, 5.74) is 12.9. The molecule has 4 aliphatic heterocycles. The molecule has 4 aliphatic carbocycles. The van der Waals surface area contributed by atoms with Gasteiger partial charge in [-0.2, -0.15) is 0 Å². The molecule has 2 saturated heterocycles. The average Bonchev–Trinajstić information content (AvgIpc) is 3.47. The summed E-state index contributed by atoms with van der Waals surface area (Å²) in [5.74, 6) is 2.93. The van der Waals surface area contributed by atoms with Crippen molar-refractivity contribution in [2.75, 3.05) is 18.0 Å². The van der Waals surface area contributed by atoms with Gasteiger partial charge >= 0.3 is 0 Å². The first-order valence-corrected chi connectivity index (χ1v) is 16.4. The van der Waals surface area contributed by atoms with Crippen molar-refractivity contribution in [3.63, 3.8) is 0 Å². The molecule has 8 aliphatic rings. The van der Waals surface area contributed by atoms with E-state index in [0.29, 0.717) is 47.6 Å². The number of anilines is 1. The van der Waals surface area contributed by atoms with Gasteiger partial charge in [0.2, 0.25) is 0 Å². The molecule has 0 radical (unpaired) electrons. The van der Waals surface area contributed by atoms with Gasteiger partial charge in [-0.3, -0.25) is 0 Å². The van der Waals surface area contributed by atoms with Gasteiger partial charge in [-0.15, -0.1) is 0 Å². The fraction of sp³-hybridized carbons (Fsp3) is 0.450. The zero-order valence-corrected chi connectivity index (χ0v) is 26.0. The summed E-state index contributed by atoms with van der Waals surface area (Å²) in [6.45, 7) is 16.6. The standard InChI is InChI=1S/C40H44N2/c1-39(2,3)31-17-15-26-29-20-34-30(19-24(29)22-41-21-23-11-7-8-12-25(23)35(31)37(26)41)27-16-18-32(40(4,5)6)36-28-13-9-10-14-33(28)42(34)38(27)36/h7-20,23-25,27-29,33,38H,21-22H2,1-6H3. The van der Waals surface area contributed by atoms with Crippen LogP contribution < -0.4 is 4.90 Å². The van der Waals surface area contributed by atoms with Crippen molar-refractivity contribution < 1.29 is 0 Å². The van der Waals surface area contributed by atoms with E-state index in [-0.39, 0.29) is 10.8 Å². The van der Waals surface area contributed by atoms with Gasteiger partial charge < -0.3 is 9.80 Å². The van der Waals surface area contributed by atoms with Gasteiger partial charge in [0.25, 0.3) is 0 Å². The zero-order valence-electron chi connectivity index (χ0n) is 26.0. The molecule has 0 N–H and O–H groups in total. The lowest BCUT2D eigenvalue weighted by molar-refractivity contribution is 0.302. The number of rotatable bonds is 0. The van der Waals surface area contributed by atoms with E-state index in [4.69, 9.17) is 0 Å². The minimum Gasteiger partial charge on any atom is -0.370 e. The van der Waals surface area contributed by atoms with Gasteiger partial charge in [0.05, 0.1) is 12.1 Å². The van der Waals surface area contributed by atoms with E-state index in [2.05, 4.69) is 136 Å². The Hall–Kier alpha value is -3.26. The van der Waals surface area contributed by atoms with Crippen LogP contribution in [0.25, 0.3) is 0 Å². The van der Waals surface area contributed by atoms with Crippen LogP contribution in [-0.2, 0) is 5.41 Å². The lowest BCUT2D eigenvalue weighted by Gasteiger charge is -2.50. The summed E-state index contributed by atoms with van der Waals surface area (Å²) in [6.07, 6.45) is 29.6. The summed E-state index contributed by atoms with van der Waals surface area (Å²) >= 11 is 0. The highest BCUT2D eigenvalue weighted by Gasteiger charge is 2.57. The molecule has 214 valence electrons. The molecule has 0 spiro atoms. The molecule has 1 aromatic rings. The van der Waals surface area contributed by atoms with Gasteiger partial charge in [0, 0.05) is 60.0 Å². The van der Waals surface area contributed by atoms with Gasteiger partial charge in [0.1, 0.15) is 0 Å². The molecule has 8 atom stereocenters. The van der Waals surface area contributed by atoms with Crippen LogP contribution in [0, 0.1) is 29.1 Å². The third-order valence-corrected chi connectivity index (χ3v) is 11.6. The predicted octanol–water partition coefficient (Wildman–Crippen LogP) is 8.50. The molecule has 2 heteroatoms. The molecule has 8 unspecified atom stereocenters. The Morgan fingerprint density at radius 1 is 0.690 bits per heavy atom. The molecule has 0 bridgehead atoms. The second-order valence-corrected chi connectivity index (χ2v) is 16.1. The van der Waals surface area contributed by atoms with E-state index in [1.165, 1.54) is 11.3 Å². The van der Waals surface area contributed by atoms with E-state index in [0.717, 1.165) is 13.1 Å². The molecule has 2 nitrogen and oxygen atoms in total. The summed E-state index contributed by atoms with van der Waals surface area (Å²) in [6, 6.07) is 5.88. The minimum atomic E-state index is 0.119. The van der Waals surface area contributed by atoms with Crippen LogP contribution in [-0.4, -0.2) is 30.1 Å². The Labute approximate surface area is 252 Å². The molecule has 0 saturated carbocycles. The second-order valence-electron chi connectivity index (χ2n) is 16.1. The van der Waals surface area contributed by atoms with Crippen LogP contribution >= 0.6 is 0 Å². The maximum absolute atomic E-state index is 2.84. The van der Waals surface area contributed by atoms with Crippen LogP contribution in [0.2, 0.25) is 0 Å².